The van der Waals surface area contributed by atoms with Gasteiger partial charge in [0.05, 0.1) is 16.2 Å². The molecule has 30 heavy (non-hydrogen) atoms. The Morgan fingerprint density at radius 3 is 2.60 bits per heavy atom. The number of aromatic nitrogens is 1. The number of carbonyl (C=O) groups is 1. The quantitative estimate of drug-likeness (QED) is 0.685. The summed E-state index contributed by atoms with van der Waals surface area (Å²) >= 11 is 1.19. The molecule has 0 unspecified atom stereocenters. The molecule has 0 bridgehead atoms. The first-order valence-corrected chi connectivity index (χ1v) is 12.1. The molecule has 1 N–H and O–H groups in total. The van der Waals surface area contributed by atoms with Gasteiger partial charge in [0.1, 0.15) is 11.1 Å². The van der Waals surface area contributed by atoms with Gasteiger partial charge in [0.2, 0.25) is 15.9 Å². The van der Waals surface area contributed by atoms with Gasteiger partial charge < -0.3 is 5.32 Å². The fourth-order valence-corrected chi connectivity index (χ4v) is 5.74. The molecule has 1 fully saturated rings. The largest absolute Gasteiger partial charge is 0.325 e. The van der Waals surface area contributed by atoms with Gasteiger partial charge in [-0.15, -0.1) is 0 Å². The van der Waals surface area contributed by atoms with Crippen LogP contribution in [-0.2, 0) is 14.8 Å². The second-order valence-corrected chi connectivity index (χ2v) is 10.1. The van der Waals surface area contributed by atoms with Crippen molar-refractivity contribution >= 4 is 33.4 Å². The highest BCUT2D eigenvalue weighted by molar-refractivity contribution is 8.00. The molecule has 0 radical (unpaired) electrons. The smallest absolute Gasteiger partial charge is 0.243 e. The zero-order valence-electron chi connectivity index (χ0n) is 17.2. The van der Waals surface area contributed by atoms with Crippen LogP contribution in [0.25, 0.3) is 0 Å². The molecule has 1 aromatic carbocycles. The predicted molar refractivity (Wildman–Crippen MR) is 117 cm³/mol. The van der Waals surface area contributed by atoms with E-state index >= 15 is 0 Å². The van der Waals surface area contributed by atoms with Crippen molar-refractivity contribution in [2.45, 2.75) is 43.5 Å². The zero-order valence-corrected chi connectivity index (χ0v) is 18.9. The second-order valence-electron chi connectivity index (χ2n) is 7.22. The Hall–Kier alpha value is -2.41. The van der Waals surface area contributed by atoms with E-state index in [4.69, 9.17) is 0 Å². The van der Waals surface area contributed by atoms with Gasteiger partial charge in [-0.25, -0.2) is 13.4 Å². The molecule has 158 valence electrons. The van der Waals surface area contributed by atoms with Crippen molar-refractivity contribution in [2.24, 2.45) is 0 Å². The first-order chi connectivity index (χ1) is 14.2. The number of nitriles is 1. The standard InChI is InChI=1S/C21H24N4O3S2/c1-14-15(2)19(12-22)21(23-16(14)3)29-13-20(26)24-17-7-6-8-18(11-17)30(27,28)25-9-4-5-10-25/h6-8,11H,4-5,9-10,13H2,1-3H3,(H,24,26). The van der Waals surface area contributed by atoms with Crippen molar-refractivity contribution in [3.8, 4) is 6.07 Å². The Kier molecular flexibility index (Phi) is 6.81. The van der Waals surface area contributed by atoms with Crippen LogP contribution in [0.4, 0.5) is 5.69 Å². The van der Waals surface area contributed by atoms with Crippen LogP contribution >= 0.6 is 11.8 Å². The van der Waals surface area contributed by atoms with Crippen molar-refractivity contribution < 1.29 is 13.2 Å². The van der Waals surface area contributed by atoms with Gasteiger partial charge in [0.25, 0.3) is 0 Å². The van der Waals surface area contributed by atoms with Gasteiger partial charge in [-0.1, -0.05) is 17.8 Å². The number of nitrogens with zero attached hydrogens (tertiary/aromatic N) is 3. The number of nitrogens with one attached hydrogen (secondary N) is 1. The van der Waals surface area contributed by atoms with E-state index in [2.05, 4.69) is 16.4 Å². The molecule has 1 amide bonds. The fourth-order valence-electron chi connectivity index (χ4n) is 3.29. The van der Waals surface area contributed by atoms with Crippen LogP contribution in [0.1, 0.15) is 35.2 Å². The number of aryl methyl sites for hydroxylation is 1. The number of rotatable bonds is 6. The average Bonchev–Trinajstić information content (AvgIpc) is 3.26. The summed E-state index contributed by atoms with van der Waals surface area (Å²) in [5.41, 5.74) is 3.57. The maximum atomic E-state index is 12.7. The zero-order chi connectivity index (χ0) is 21.9. The number of hydrogen-bond donors (Lipinski definition) is 1. The van der Waals surface area contributed by atoms with Gasteiger partial charge >= 0.3 is 0 Å². The van der Waals surface area contributed by atoms with E-state index in [0.29, 0.717) is 29.4 Å². The van der Waals surface area contributed by atoms with Crippen LogP contribution in [0.5, 0.6) is 0 Å². The van der Waals surface area contributed by atoms with Crippen LogP contribution in [0, 0.1) is 32.1 Å². The Morgan fingerprint density at radius 1 is 1.23 bits per heavy atom. The Morgan fingerprint density at radius 2 is 1.93 bits per heavy atom. The number of benzene rings is 1. The molecule has 0 spiro atoms. The molecule has 1 aliphatic heterocycles. The Bertz CT molecular complexity index is 1120. The first kappa shape index (κ1) is 22.3. The van der Waals surface area contributed by atoms with Gasteiger partial charge in [-0.05, 0) is 62.9 Å². The first-order valence-electron chi connectivity index (χ1n) is 9.65. The normalized spacial score (nSPS) is 14.5. The third-order valence-corrected chi connectivity index (χ3v) is 8.11. The highest BCUT2D eigenvalue weighted by Gasteiger charge is 2.27. The van der Waals surface area contributed by atoms with Crippen LogP contribution in [0.15, 0.2) is 34.2 Å². The molecule has 0 atom stereocenters. The van der Waals surface area contributed by atoms with Crippen molar-refractivity contribution in [1.82, 2.24) is 9.29 Å². The van der Waals surface area contributed by atoms with E-state index in [9.17, 15) is 18.5 Å². The summed E-state index contributed by atoms with van der Waals surface area (Å²) in [7, 11) is -3.54. The maximum absolute atomic E-state index is 12.7. The minimum atomic E-state index is -3.54. The third kappa shape index (κ3) is 4.67. The SMILES string of the molecule is Cc1nc(SCC(=O)Nc2cccc(S(=O)(=O)N3CCCC3)c2)c(C#N)c(C)c1C. The lowest BCUT2D eigenvalue weighted by atomic mass is 10.1. The van der Waals surface area contributed by atoms with Gasteiger partial charge in [0.15, 0.2) is 0 Å². The molecule has 2 heterocycles. The summed E-state index contributed by atoms with van der Waals surface area (Å²) in [5.74, 6) is -0.232. The monoisotopic (exact) mass is 444 g/mol. The van der Waals surface area contributed by atoms with Crippen LogP contribution in [0.2, 0.25) is 0 Å². The molecule has 9 heteroatoms. The molecule has 1 aromatic heterocycles. The van der Waals surface area contributed by atoms with Crippen molar-refractivity contribution in [3.05, 3.63) is 46.6 Å². The predicted octanol–water partition coefficient (Wildman–Crippen LogP) is 3.39. The maximum Gasteiger partial charge on any atom is 0.243 e. The number of anilines is 1. The topological polar surface area (TPSA) is 103 Å². The Balaban J connectivity index is 1.70. The number of hydrogen-bond acceptors (Lipinski definition) is 6. The summed E-state index contributed by atoms with van der Waals surface area (Å²) in [5, 5.41) is 12.7. The molecular weight excluding hydrogens is 420 g/mol. The number of sulfonamides is 1. The molecule has 3 rings (SSSR count). The van der Waals surface area contributed by atoms with Crippen molar-refractivity contribution in [1.29, 1.82) is 5.26 Å². The minimum Gasteiger partial charge on any atom is -0.325 e. The number of thioether (sulfide) groups is 1. The summed E-state index contributed by atoms with van der Waals surface area (Å²) in [6.45, 7) is 6.72. The van der Waals surface area contributed by atoms with Crippen molar-refractivity contribution in [3.63, 3.8) is 0 Å². The fraction of sp³-hybridized carbons (Fsp3) is 0.381. The van der Waals surface area contributed by atoms with Gasteiger partial charge in [0, 0.05) is 24.5 Å². The van der Waals surface area contributed by atoms with Crippen molar-refractivity contribution in [2.75, 3.05) is 24.2 Å². The van der Waals surface area contributed by atoms with Crippen LogP contribution in [0.3, 0.4) is 0 Å². The molecule has 1 aliphatic rings. The third-order valence-electron chi connectivity index (χ3n) is 5.24. The lowest BCUT2D eigenvalue weighted by Crippen LogP contribution is -2.28. The van der Waals surface area contributed by atoms with E-state index in [1.165, 1.54) is 22.1 Å². The van der Waals surface area contributed by atoms with E-state index in [1.54, 1.807) is 18.2 Å². The number of carbonyl (C=O) groups excluding carboxylic acids is 1. The summed E-state index contributed by atoms with van der Waals surface area (Å²) in [4.78, 5) is 17.1. The van der Waals surface area contributed by atoms with Crippen LogP contribution in [-0.4, -0.2) is 42.5 Å². The summed E-state index contributed by atoms with van der Waals surface area (Å²) in [6, 6.07) is 8.47. The minimum absolute atomic E-state index is 0.0622. The van der Waals surface area contributed by atoms with Crippen LogP contribution < -0.4 is 5.32 Å². The van der Waals surface area contributed by atoms with E-state index < -0.39 is 10.0 Å². The highest BCUT2D eigenvalue weighted by Crippen LogP contribution is 2.27. The van der Waals surface area contributed by atoms with E-state index in [0.717, 1.165) is 29.7 Å². The van der Waals surface area contributed by atoms with Gasteiger partial charge in [-0.3, -0.25) is 4.79 Å². The average molecular weight is 445 g/mol. The number of amides is 1. The molecule has 2 aromatic rings. The lowest BCUT2D eigenvalue weighted by molar-refractivity contribution is -0.113. The Labute approximate surface area is 181 Å². The van der Waals surface area contributed by atoms with Gasteiger partial charge in [-0.2, -0.15) is 9.57 Å². The molecule has 1 saturated heterocycles. The highest BCUT2D eigenvalue weighted by atomic mass is 32.2. The molecule has 0 aliphatic carbocycles. The summed E-state index contributed by atoms with van der Waals surface area (Å²) in [6.07, 6.45) is 1.73. The molecular formula is C21H24N4O3S2. The van der Waals surface area contributed by atoms with E-state index in [1.807, 2.05) is 20.8 Å². The van der Waals surface area contributed by atoms with E-state index in [-0.39, 0.29) is 16.6 Å². The summed E-state index contributed by atoms with van der Waals surface area (Å²) < 4.78 is 26.9. The molecule has 7 nitrogen and oxygen atoms in total. The number of pyridine rings is 1. The molecule has 0 saturated carbocycles. The lowest BCUT2D eigenvalue weighted by Gasteiger charge is -2.16. The second kappa shape index (κ2) is 9.16.